The SMILES string of the molecule is C1CCOC1.Nc1ccc(-c2ccc(N(c3ccccc3)c3ccc4oc5ccccc5c4c3)cc2)c2c1C(Br)=[C+]C=C2.Nc1ccc(-c2ccc(N(c3ccccc3)c3ccc4oc5ccccc5c4c3)cc2)c2cccc(-c3cccc4ccccc34)c12.OB(O)c1cccc2ccccc12.[Cu][I]. The van der Waals surface area contributed by atoms with Gasteiger partial charge in [-0.1, -0.05) is 206 Å². The van der Waals surface area contributed by atoms with E-state index in [0.717, 1.165) is 168 Å². The van der Waals surface area contributed by atoms with Crippen LogP contribution in [0.25, 0.3) is 120 Å². The zero-order valence-corrected chi connectivity index (χ0v) is 61.6. The van der Waals surface area contributed by atoms with E-state index >= 15 is 0 Å². The van der Waals surface area contributed by atoms with Crippen LogP contribution < -0.4 is 26.7 Å². The maximum absolute atomic E-state index is 9.08. The molecular formula is C92H69BBrCuIN4O5+. The van der Waals surface area contributed by atoms with Crippen molar-refractivity contribution < 1.29 is 36.4 Å². The number of fused-ring (bicyclic) bond motifs is 10. The number of rotatable bonds is 10. The third-order valence-corrected chi connectivity index (χ3v) is 19.8. The van der Waals surface area contributed by atoms with Crippen molar-refractivity contribution in [3.05, 3.63) is 345 Å². The molecule has 6 N–H and O–H groups in total. The van der Waals surface area contributed by atoms with Crippen LogP contribution in [-0.4, -0.2) is 30.4 Å². The molecule has 1 fully saturated rings. The molecule has 514 valence electrons. The van der Waals surface area contributed by atoms with E-state index in [2.05, 4.69) is 287 Å². The number of ether oxygens (including phenoxy) is 1. The van der Waals surface area contributed by atoms with E-state index in [9.17, 15) is 0 Å². The summed E-state index contributed by atoms with van der Waals surface area (Å²) in [6.07, 6.45) is 9.75. The van der Waals surface area contributed by atoms with Crippen molar-refractivity contribution in [2.75, 3.05) is 34.5 Å². The number of nitrogens with two attached hydrogens (primary N) is 2. The molecule has 13 heteroatoms. The first-order valence-electron chi connectivity index (χ1n) is 34.6. The molecule has 0 saturated carbocycles. The van der Waals surface area contributed by atoms with Crippen molar-refractivity contribution in [2.24, 2.45) is 0 Å². The fraction of sp³-hybridized carbons (Fsp3) is 0.0435. The van der Waals surface area contributed by atoms with Gasteiger partial charge in [-0.3, -0.25) is 0 Å². The molecule has 0 spiro atoms. The summed E-state index contributed by atoms with van der Waals surface area (Å²) >= 11 is 9.49. The first kappa shape index (κ1) is 69.6. The van der Waals surface area contributed by atoms with E-state index in [1.165, 1.54) is 29.2 Å². The second-order valence-corrected chi connectivity index (χ2v) is 26.3. The Morgan fingerprint density at radius 3 is 1.37 bits per heavy atom. The van der Waals surface area contributed by atoms with Gasteiger partial charge >= 0.3 is 40.2 Å². The molecule has 17 aromatic rings. The summed E-state index contributed by atoms with van der Waals surface area (Å²) in [5.41, 5.74) is 34.1. The fourth-order valence-corrected chi connectivity index (χ4v) is 14.8. The molecule has 1 aliphatic heterocycles. The Hall–Kier alpha value is -11.1. The van der Waals surface area contributed by atoms with Crippen LogP contribution in [0.5, 0.6) is 0 Å². The first-order valence-corrected chi connectivity index (χ1v) is 38.5. The Bertz CT molecular complexity index is 6010. The predicted octanol–water partition coefficient (Wildman–Crippen LogP) is 24.3. The number of anilines is 8. The van der Waals surface area contributed by atoms with Crippen LogP contribution >= 0.6 is 36.3 Å². The summed E-state index contributed by atoms with van der Waals surface area (Å²) in [5.74, 6) is 0. The number of nitrogens with zero attached hydrogens (tertiary/aromatic N) is 2. The molecule has 0 amide bonds. The van der Waals surface area contributed by atoms with Gasteiger partial charge in [0.1, 0.15) is 39.5 Å². The van der Waals surface area contributed by atoms with Crippen LogP contribution in [0, 0.1) is 6.08 Å². The minimum atomic E-state index is -1.40. The molecular weight excluding hydrogens is 1520 g/mol. The maximum atomic E-state index is 9.08. The molecule has 105 heavy (non-hydrogen) atoms. The quantitative estimate of drug-likeness (QED) is 0.0457. The third kappa shape index (κ3) is 14.5. The number of halogens is 2. The predicted molar refractivity (Wildman–Crippen MR) is 449 cm³/mol. The Morgan fingerprint density at radius 1 is 0.381 bits per heavy atom. The first-order chi connectivity index (χ1) is 51.7. The van der Waals surface area contributed by atoms with Gasteiger partial charge in [0, 0.05) is 85.5 Å². The van der Waals surface area contributed by atoms with Crippen LogP contribution in [0.2, 0.25) is 0 Å². The van der Waals surface area contributed by atoms with Gasteiger partial charge in [0.15, 0.2) is 4.48 Å². The molecule has 1 saturated heterocycles. The van der Waals surface area contributed by atoms with E-state index in [-0.39, 0.29) is 0 Å². The van der Waals surface area contributed by atoms with Gasteiger partial charge in [0.05, 0.1) is 17.8 Å². The van der Waals surface area contributed by atoms with Crippen LogP contribution in [0.15, 0.2) is 336 Å². The van der Waals surface area contributed by atoms with Gasteiger partial charge in [-0.2, -0.15) is 0 Å². The van der Waals surface area contributed by atoms with Gasteiger partial charge in [0.2, 0.25) is 0 Å². The molecule has 2 aromatic heterocycles. The second kappa shape index (κ2) is 31.9. The number of allylic oxidation sites excluding steroid dienone is 2. The number of hydrogen-bond acceptors (Lipinski definition) is 9. The molecule has 9 nitrogen and oxygen atoms in total. The van der Waals surface area contributed by atoms with E-state index in [0.29, 0.717) is 5.46 Å². The topological polar surface area (TPSA) is 134 Å². The summed E-state index contributed by atoms with van der Waals surface area (Å²) in [7, 11) is -1.40. The number of hydrogen-bond donors (Lipinski definition) is 4. The molecule has 3 heterocycles. The van der Waals surface area contributed by atoms with E-state index in [1.807, 2.05) is 84.9 Å². The van der Waals surface area contributed by atoms with Crippen molar-refractivity contribution in [2.45, 2.75) is 12.8 Å². The second-order valence-electron chi connectivity index (χ2n) is 25.5. The van der Waals surface area contributed by atoms with Gasteiger partial charge in [-0.15, -0.1) is 0 Å². The zero-order chi connectivity index (χ0) is 71.8. The van der Waals surface area contributed by atoms with Crippen LogP contribution in [0.4, 0.5) is 45.5 Å². The standard InChI is InChI=1S/C44H30N2O.C34H22BrN2O.C10H9BO2.C4H8O.Cu.HI/c45-41-26-25-35(38-17-9-18-39(44(38)41)36-16-8-11-29-10-4-5-14-34(29)36)30-20-22-32(23-21-30)46(31-12-2-1-3-13-31)33-24-27-43-40(28-33)37-15-6-7-19-42(37)47-43;35-30-11-6-10-28-26(18-19-31(36)34(28)30)22-13-15-24(16-14-22)37(23-7-2-1-3-8-23)25-17-20-33-29(21-25)27-9-4-5-12-32(27)38-33;12-11(13)10-7-3-5-8-4-1-2-6-9(8)10;1-2-4-5-3-1;;/h1-28H,45H2;1-10,12-21H,36H2;1-7,12-13H;1-4H2;;1H/q;+1;;;+1;/p-1. The van der Waals surface area contributed by atoms with Crippen molar-refractivity contribution in [1.82, 2.24) is 0 Å². The van der Waals surface area contributed by atoms with Gasteiger partial charge in [0.25, 0.3) is 0 Å². The van der Waals surface area contributed by atoms with Crippen molar-refractivity contribution >= 4 is 181 Å². The third-order valence-electron chi connectivity index (χ3n) is 19.2. The summed E-state index contributed by atoms with van der Waals surface area (Å²) in [6, 6.07) is 111. The van der Waals surface area contributed by atoms with E-state index in [1.54, 1.807) is 26.4 Å². The van der Waals surface area contributed by atoms with E-state index < -0.39 is 7.12 Å². The molecule has 15 aromatic carbocycles. The Morgan fingerprint density at radius 2 is 0.810 bits per heavy atom. The average Bonchev–Trinajstić information content (AvgIpc) is 0.837. The number of benzene rings is 15. The summed E-state index contributed by atoms with van der Waals surface area (Å²) < 4.78 is 18.0. The number of furan rings is 2. The van der Waals surface area contributed by atoms with Gasteiger partial charge in [-0.05, 0) is 204 Å². The van der Waals surface area contributed by atoms with Crippen molar-refractivity contribution in [1.29, 1.82) is 0 Å². The molecule has 19 rings (SSSR count). The molecule has 2 aliphatic rings. The van der Waals surface area contributed by atoms with Crippen molar-refractivity contribution in [3.63, 3.8) is 0 Å². The zero-order valence-electron chi connectivity index (χ0n) is 56.9. The Balaban J connectivity index is 0.000000135. The molecule has 0 bridgehead atoms. The van der Waals surface area contributed by atoms with Crippen molar-refractivity contribution in [3.8, 4) is 33.4 Å². The Labute approximate surface area is 637 Å². The normalized spacial score (nSPS) is 12.1. The summed E-state index contributed by atoms with van der Waals surface area (Å²) in [5, 5.41) is 29.2. The molecule has 0 atom stereocenters. The average molecular weight is 1590 g/mol. The van der Waals surface area contributed by atoms with Crippen LogP contribution in [-0.2, 0) is 17.5 Å². The fourth-order valence-electron chi connectivity index (χ4n) is 14.3. The van der Waals surface area contributed by atoms with Crippen LogP contribution in [0.1, 0.15) is 24.0 Å². The number of nitrogen functional groups attached to an aromatic ring is 2. The minimum absolute atomic E-state index is 0.554. The monoisotopic (exact) mass is 1590 g/mol. The van der Waals surface area contributed by atoms with E-state index in [4.69, 9.17) is 35.1 Å². The van der Waals surface area contributed by atoms with Crippen LogP contribution in [0.3, 0.4) is 0 Å². The van der Waals surface area contributed by atoms with Gasteiger partial charge < -0.3 is 44.9 Å². The summed E-state index contributed by atoms with van der Waals surface area (Å²) in [4.78, 5) is 4.57. The Kier molecular flexibility index (Phi) is 21.2. The summed E-state index contributed by atoms with van der Waals surface area (Å²) in [6.45, 7) is 2.00. The van der Waals surface area contributed by atoms with Gasteiger partial charge in [-0.25, -0.2) is 0 Å². The molecule has 0 unspecified atom stereocenters. The number of para-hydroxylation sites is 4. The molecule has 0 radical (unpaired) electrons. The molecule has 1 aliphatic carbocycles.